The zero-order valence-electron chi connectivity index (χ0n) is 12.6. The van der Waals surface area contributed by atoms with Crippen LogP contribution in [0.25, 0.3) is 0 Å². The summed E-state index contributed by atoms with van der Waals surface area (Å²) in [6.07, 6.45) is 2.50. The van der Waals surface area contributed by atoms with Crippen molar-refractivity contribution in [3.05, 3.63) is 63.5 Å². The van der Waals surface area contributed by atoms with Gasteiger partial charge < -0.3 is 15.2 Å². The summed E-state index contributed by atoms with van der Waals surface area (Å²) in [6, 6.07) is 10.5. The Bertz CT molecular complexity index is 766. The zero-order valence-corrected chi connectivity index (χ0v) is 13.3. The van der Waals surface area contributed by atoms with Gasteiger partial charge in [-0.15, -0.1) is 0 Å². The van der Waals surface area contributed by atoms with Crippen molar-refractivity contribution < 1.29 is 4.79 Å². The minimum atomic E-state index is -0.134. The SMILES string of the molecule is O=C(Nc1ccc(=O)n(Cc2ccccc2Cl)c1)C1CCNC1. The van der Waals surface area contributed by atoms with E-state index in [1.54, 1.807) is 22.9 Å². The lowest BCUT2D eigenvalue weighted by molar-refractivity contribution is -0.119. The summed E-state index contributed by atoms with van der Waals surface area (Å²) >= 11 is 6.14. The molecule has 2 heterocycles. The van der Waals surface area contributed by atoms with Crippen molar-refractivity contribution in [2.24, 2.45) is 5.92 Å². The average Bonchev–Trinajstić information content (AvgIpc) is 3.07. The first-order chi connectivity index (χ1) is 11.1. The van der Waals surface area contributed by atoms with Crippen LogP contribution < -0.4 is 16.2 Å². The molecular formula is C17H18ClN3O2. The first-order valence-corrected chi connectivity index (χ1v) is 7.97. The van der Waals surface area contributed by atoms with Crippen molar-refractivity contribution in [2.75, 3.05) is 18.4 Å². The number of hydrogen-bond donors (Lipinski definition) is 2. The van der Waals surface area contributed by atoms with E-state index < -0.39 is 0 Å². The van der Waals surface area contributed by atoms with Crippen molar-refractivity contribution in [3.8, 4) is 0 Å². The molecule has 1 aliphatic heterocycles. The van der Waals surface area contributed by atoms with E-state index in [0.29, 0.717) is 23.8 Å². The number of nitrogens with one attached hydrogen (secondary N) is 2. The summed E-state index contributed by atoms with van der Waals surface area (Å²) in [7, 11) is 0. The number of rotatable bonds is 4. The van der Waals surface area contributed by atoms with E-state index >= 15 is 0 Å². The van der Waals surface area contributed by atoms with Crippen molar-refractivity contribution in [1.82, 2.24) is 9.88 Å². The maximum atomic E-state index is 12.2. The van der Waals surface area contributed by atoms with E-state index in [4.69, 9.17) is 11.6 Å². The molecule has 0 radical (unpaired) electrons. The fourth-order valence-corrected chi connectivity index (χ4v) is 2.86. The molecule has 1 amide bonds. The van der Waals surface area contributed by atoms with Gasteiger partial charge in [-0.25, -0.2) is 0 Å². The van der Waals surface area contributed by atoms with Gasteiger partial charge in [0, 0.05) is 23.8 Å². The number of anilines is 1. The van der Waals surface area contributed by atoms with Crippen LogP contribution in [0.5, 0.6) is 0 Å². The first-order valence-electron chi connectivity index (χ1n) is 7.59. The van der Waals surface area contributed by atoms with Crippen LogP contribution in [-0.4, -0.2) is 23.6 Å². The van der Waals surface area contributed by atoms with Crippen LogP contribution in [0.3, 0.4) is 0 Å². The highest BCUT2D eigenvalue weighted by Gasteiger charge is 2.22. The lowest BCUT2D eigenvalue weighted by atomic mass is 10.1. The van der Waals surface area contributed by atoms with Gasteiger partial charge in [0.15, 0.2) is 0 Å². The highest BCUT2D eigenvalue weighted by Crippen LogP contribution is 2.17. The predicted octanol–water partition coefficient (Wildman–Crippen LogP) is 2.10. The third-order valence-corrected chi connectivity index (χ3v) is 4.35. The lowest BCUT2D eigenvalue weighted by Gasteiger charge is -2.12. The van der Waals surface area contributed by atoms with E-state index in [1.165, 1.54) is 6.07 Å². The largest absolute Gasteiger partial charge is 0.325 e. The minimum Gasteiger partial charge on any atom is -0.325 e. The monoisotopic (exact) mass is 331 g/mol. The molecule has 0 bridgehead atoms. The number of carbonyl (C=O) groups excluding carboxylic acids is 1. The van der Waals surface area contributed by atoms with Gasteiger partial charge >= 0.3 is 0 Å². The molecule has 1 aliphatic rings. The number of hydrogen-bond acceptors (Lipinski definition) is 3. The van der Waals surface area contributed by atoms with E-state index in [9.17, 15) is 9.59 Å². The molecule has 0 saturated carbocycles. The van der Waals surface area contributed by atoms with Crippen molar-refractivity contribution in [1.29, 1.82) is 0 Å². The summed E-state index contributed by atoms with van der Waals surface area (Å²) < 4.78 is 1.55. The number of benzene rings is 1. The van der Waals surface area contributed by atoms with Gasteiger partial charge in [0.05, 0.1) is 18.2 Å². The molecule has 1 aromatic heterocycles. The second-order valence-electron chi connectivity index (χ2n) is 5.65. The summed E-state index contributed by atoms with van der Waals surface area (Å²) in [5, 5.41) is 6.66. The topological polar surface area (TPSA) is 63.1 Å². The minimum absolute atomic E-state index is 0.0149. The first kappa shape index (κ1) is 15.8. The second-order valence-corrected chi connectivity index (χ2v) is 6.06. The molecule has 1 fully saturated rings. The third kappa shape index (κ3) is 3.81. The van der Waals surface area contributed by atoms with Crippen LogP contribution in [-0.2, 0) is 11.3 Å². The molecule has 1 saturated heterocycles. The molecule has 6 heteroatoms. The number of pyridine rings is 1. The smallest absolute Gasteiger partial charge is 0.250 e. The van der Waals surface area contributed by atoms with Gasteiger partial charge in [-0.05, 0) is 30.7 Å². The number of aromatic nitrogens is 1. The molecule has 5 nitrogen and oxygen atoms in total. The Morgan fingerprint density at radius 3 is 2.87 bits per heavy atom. The van der Waals surface area contributed by atoms with E-state index in [0.717, 1.165) is 18.5 Å². The lowest BCUT2D eigenvalue weighted by Crippen LogP contribution is -2.26. The van der Waals surface area contributed by atoms with Crippen LogP contribution in [0.1, 0.15) is 12.0 Å². The Labute approximate surface area is 139 Å². The molecule has 3 rings (SSSR count). The van der Waals surface area contributed by atoms with Crippen molar-refractivity contribution >= 4 is 23.2 Å². The predicted molar refractivity (Wildman–Crippen MR) is 90.9 cm³/mol. The van der Waals surface area contributed by atoms with E-state index in [1.807, 2.05) is 18.2 Å². The number of halogens is 1. The van der Waals surface area contributed by atoms with Gasteiger partial charge in [-0.3, -0.25) is 9.59 Å². The fourth-order valence-electron chi connectivity index (χ4n) is 2.66. The van der Waals surface area contributed by atoms with Crippen LogP contribution in [0, 0.1) is 5.92 Å². The highest BCUT2D eigenvalue weighted by atomic mass is 35.5. The Morgan fingerprint density at radius 1 is 1.30 bits per heavy atom. The van der Waals surface area contributed by atoms with Crippen molar-refractivity contribution in [2.45, 2.75) is 13.0 Å². The maximum Gasteiger partial charge on any atom is 0.250 e. The molecule has 2 N–H and O–H groups in total. The van der Waals surface area contributed by atoms with Crippen LogP contribution in [0.15, 0.2) is 47.4 Å². The third-order valence-electron chi connectivity index (χ3n) is 3.98. The number of amides is 1. The van der Waals surface area contributed by atoms with Crippen LogP contribution in [0.2, 0.25) is 5.02 Å². The molecule has 1 aromatic carbocycles. The summed E-state index contributed by atoms with van der Waals surface area (Å²) in [4.78, 5) is 24.2. The molecule has 1 unspecified atom stereocenters. The van der Waals surface area contributed by atoms with Crippen LogP contribution in [0.4, 0.5) is 5.69 Å². The van der Waals surface area contributed by atoms with Gasteiger partial charge in [0.2, 0.25) is 5.91 Å². The van der Waals surface area contributed by atoms with E-state index in [2.05, 4.69) is 10.6 Å². The second kappa shape index (κ2) is 6.98. The highest BCUT2D eigenvalue weighted by molar-refractivity contribution is 6.31. The summed E-state index contributed by atoms with van der Waals surface area (Å²) in [6.45, 7) is 1.93. The average molecular weight is 332 g/mol. The standard InChI is InChI=1S/C17H18ClN3O2/c18-15-4-2-1-3-13(15)10-21-11-14(5-6-16(21)22)20-17(23)12-7-8-19-9-12/h1-6,11-12,19H,7-10H2,(H,20,23). The molecule has 1 atom stereocenters. The molecule has 23 heavy (non-hydrogen) atoms. The zero-order chi connectivity index (χ0) is 16.2. The van der Waals surface area contributed by atoms with Gasteiger partial charge in [0.1, 0.15) is 0 Å². The van der Waals surface area contributed by atoms with Gasteiger partial charge in [0.25, 0.3) is 5.56 Å². The molecule has 2 aromatic rings. The fraction of sp³-hybridized carbons (Fsp3) is 0.294. The van der Waals surface area contributed by atoms with Gasteiger partial charge in [-0.2, -0.15) is 0 Å². The van der Waals surface area contributed by atoms with E-state index in [-0.39, 0.29) is 17.4 Å². The Kier molecular flexibility index (Phi) is 4.79. The summed E-state index contributed by atoms with van der Waals surface area (Å²) in [5.41, 5.74) is 1.35. The van der Waals surface area contributed by atoms with Gasteiger partial charge in [-0.1, -0.05) is 29.8 Å². The van der Waals surface area contributed by atoms with Crippen LogP contribution >= 0.6 is 11.6 Å². The Balaban J connectivity index is 1.77. The molecule has 0 aliphatic carbocycles. The Hall–Kier alpha value is -2.11. The van der Waals surface area contributed by atoms with Crippen molar-refractivity contribution in [3.63, 3.8) is 0 Å². The molecule has 120 valence electrons. The number of carbonyl (C=O) groups is 1. The maximum absolute atomic E-state index is 12.2. The number of nitrogens with zero attached hydrogens (tertiary/aromatic N) is 1. The molecular weight excluding hydrogens is 314 g/mol. The Morgan fingerprint density at radius 2 is 2.13 bits per heavy atom. The molecule has 0 spiro atoms. The summed E-state index contributed by atoms with van der Waals surface area (Å²) in [5.74, 6) is -0.0307. The quantitative estimate of drug-likeness (QED) is 0.902. The normalized spacial score (nSPS) is 17.2.